The summed E-state index contributed by atoms with van der Waals surface area (Å²) in [4.78, 5) is 23.5. The van der Waals surface area contributed by atoms with Gasteiger partial charge in [-0.05, 0) is 30.3 Å². The molecule has 2 aromatic carbocycles. The maximum absolute atomic E-state index is 12.4. The topological polar surface area (TPSA) is 78.9 Å². The molecule has 2 aromatic heterocycles. The van der Waals surface area contributed by atoms with Crippen molar-refractivity contribution in [1.82, 2.24) is 0 Å². The smallest absolute Gasteiger partial charge is 0.348 e. The molecule has 4 rings (SSSR count). The zero-order valence-corrected chi connectivity index (χ0v) is 12.9. The van der Waals surface area contributed by atoms with Crippen LogP contribution >= 0.6 is 0 Å². The molecule has 0 amide bonds. The van der Waals surface area contributed by atoms with Gasteiger partial charge in [0.25, 0.3) is 0 Å². The summed E-state index contributed by atoms with van der Waals surface area (Å²) in [6.07, 6.45) is 0. The minimum atomic E-state index is -0.524. The summed E-state index contributed by atoms with van der Waals surface area (Å²) in [5.41, 5.74) is 0.797. The van der Waals surface area contributed by atoms with Crippen molar-refractivity contribution in [2.75, 3.05) is 7.11 Å². The van der Waals surface area contributed by atoms with Crippen molar-refractivity contribution in [1.29, 1.82) is 0 Å². The molecule has 0 aliphatic heterocycles. The number of hydrogen-bond acceptors (Lipinski definition) is 6. The van der Waals surface area contributed by atoms with Crippen LogP contribution in [0.4, 0.5) is 0 Å². The van der Waals surface area contributed by atoms with Crippen LogP contribution in [0.2, 0.25) is 0 Å². The van der Waals surface area contributed by atoms with Gasteiger partial charge >= 0.3 is 11.6 Å². The van der Waals surface area contributed by atoms with Crippen molar-refractivity contribution in [2.24, 2.45) is 0 Å². The second kappa shape index (κ2) is 5.13. The molecule has 0 N–H and O–H groups in total. The highest BCUT2D eigenvalue weighted by Gasteiger charge is 2.17. The Morgan fingerprint density at radius 2 is 1.75 bits per heavy atom. The molecule has 0 radical (unpaired) electrons. The molecule has 0 saturated heterocycles. The van der Waals surface area contributed by atoms with Gasteiger partial charge in [-0.15, -0.1) is 0 Å². The maximum atomic E-state index is 12.4. The molecule has 2 heterocycles. The first-order valence-corrected chi connectivity index (χ1v) is 7.22. The van der Waals surface area contributed by atoms with E-state index in [9.17, 15) is 9.59 Å². The van der Waals surface area contributed by atoms with E-state index in [1.54, 1.807) is 36.4 Å². The summed E-state index contributed by atoms with van der Waals surface area (Å²) in [7, 11) is 1.54. The van der Waals surface area contributed by atoms with E-state index in [1.165, 1.54) is 14.0 Å². The number of carbonyl (C=O) groups excluding carboxylic acids is 1. The molecular formula is C18H12O6. The predicted molar refractivity (Wildman–Crippen MR) is 87.6 cm³/mol. The quantitative estimate of drug-likeness (QED) is 0.318. The minimum absolute atomic E-state index is 0.316. The van der Waals surface area contributed by atoms with Crippen molar-refractivity contribution in [3.05, 3.63) is 46.8 Å². The molecule has 4 aromatic rings. The Bertz CT molecular complexity index is 1160. The maximum Gasteiger partial charge on any atom is 0.348 e. The van der Waals surface area contributed by atoms with Gasteiger partial charge in [-0.3, -0.25) is 4.79 Å². The largest absolute Gasteiger partial charge is 0.497 e. The molecule has 0 saturated carbocycles. The standard InChI is InChI=1S/C18H12O6/c1-9(19)22-11-4-6-14-13(7-11)16-17(23-14)12-5-3-10(21-2)8-15(12)24-18(16)20/h3-8H,1-2H3. The Balaban J connectivity index is 2.08. The van der Waals surface area contributed by atoms with Gasteiger partial charge in [0, 0.05) is 18.4 Å². The fourth-order valence-electron chi connectivity index (χ4n) is 2.75. The Hall–Kier alpha value is -3.28. The van der Waals surface area contributed by atoms with Gasteiger partial charge in [0.05, 0.1) is 12.5 Å². The number of benzene rings is 2. The zero-order chi connectivity index (χ0) is 16.8. The molecule has 0 aliphatic rings. The van der Waals surface area contributed by atoms with Crippen molar-refractivity contribution in [3.63, 3.8) is 0 Å². The Labute approximate surface area is 135 Å². The molecule has 120 valence electrons. The van der Waals surface area contributed by atoms with E-state index in [1.807, 2.05) is 0 Å². The van der Waals surface area contributed by atoms with Gasteiger partial charge in [0.15, 0.2) is 5.58 Å². The van der Waals surface area contributed by atoms with Crippen molar-refractivity contribution in [2.45, 2.75) is 6.92 Å². The highest BCUT2D eigenvalue weighted by Crippen LogP contribution is 2.34. The van der Waals surface area contributed by atoms with Gasteiger partial charge in [-0.2, -0.15) is 0 Å². The number of methoxy groups -OCH3 is 1. The van der Waals surface area contributed by atoms with Crippen LogP contribution in [0.1, 0.15) is 6.92 Å². The van der Waals surface area contributed by atoms with Crippen LogP contribution in [0.25, 0.3) is 32.9 Å². The van der Waals surface area contributed by atoms with E-state index < -0.39 is 11.6 Å². The second-order valence-electron chi connectivity index (χ2n) is 5.31. The molecule has 0 atom stereocenters. The summed E-state index contributed by atoms with van der Waals surface area (Å²) >= 11 is 0. The Kier molecular flexibility index (Phi) is 3.06. The minimum Gasteiger partial charge on any atom is -0.497 e. The van der Waals surface area contributed by atoms with E-state index in [2.05, 4.69) is 0 Å². The summed E-state index contributed by atoms with van der Waals surface area (Å²) in [5, 5.41) is 1.52. The first-order chi connectivity index (χ1) is 11.6. The summed E-state index contributed by atoms with van der Waals surface area (Å²) in [6, 6.07) is 10.0. The number of esters is 1. The van der Waals surface area contributed by atoms with E-state index >= 15 is 0 Å². The van der Waals surface area contributed by atoms with Crippen molar-refractivity contribution >= 4 is 38.9 Å². The fourth-order valence-corrected chi connectivity index (χ4v) is 2.75. The third kappa shape index (κ3) is 2.11. The van der Waals surface area contributed by atoms with E-state index in [0.717, 1.165) is 0 Å². The molecule has 0 aliphatic carbocycles. The molecule has 6 nitrogen and oxygen atoms in total. The molecule has 0 fully saturated rings. The average molecular weight is 324 g/mol. The normalized spacial score (nSPS) is 11.2. The van der Waals surface area contributed by atoms with Crippen LogP contribution in [-0.4, -0.2) is 13.1 Å². The van der Waals surface area contributed by atoms with Gasteiger partial charge in [-0.1, -0.05) is 0 Å². The fraction of sp³-hybridized carbons (Fsp3) is 0.111. The lowest BCUT2D eigenvalue weighted by Gasteiger charge is -2.01. The number of carbonyl (C=O) groups is 1. The Morgan fingerprint density at radius 3 is 2.50 bits per heavy atom. The number of fused-ring (bicyclic) bond motifs is 5. The van der Waals surface area contributed by atoms with E-state index in [4.69, 9.17) is 18.3 Å². The van der Waals surface area contributed by atoms with Crippen LogP contribution in [0, 0.1) is 0 Å². The molecule has 0 unspecified atom stereocenters. The zero-order valence-electron chi connectivity index (χ0n) is 12.9. The van der Waals surface area contributed by atoms with Gasteiger partial charge < -0.3 is 18.3 Å². The lowest BCUT2D eigenvalue weighted by atomic mass is 10.1. The third-order valence-corrected chi connectivity index (χ3v) is 3.76. The predicted octanol–water partition coefficient (Wildman–Crippen LogP) is 3.63. The van der Waals surface area contributed by atoms with Crippen LogP contribution in [0.5, 0.6) is 11.5 Å². The van der Waals surface area contributed by atoms with Crippen LogP contribution in [-0.2, 0) is 4.79 Å². The summed E-state index contributed by atoms with van der Waals surface area (Å²) in [5.74, 6) is 0.483. The average Bonchev–Trinajstić information content (AvgIpc) is 2.93. The highest BCUT2D eigenvalue weighted by molar-refractivity contribution is 6.13. The number of hydrogen-bond donors (Lipinski definition) is 0. The number of ether oxygens (including phenoxy) is 2. The van der Waals surface area contributed by atoms with E-state index in [0.29, 0.717) is 44.4 Å². The monoisotopic (exact) mass is 324 g/mol. The molecule has 24 heavy (non-hydrogen) atoms. The van der Waals surface area contributed by atoms with Crippen LogP contribution in [0.3, 0.4) is 0 Å². The number of furan rings is 1. The van der Waals surface area contributed by atoms with Crippen LogP contribution < -0.4 is 15.1 Å². The first kappa shape index (κ1) is 14.3. The highest BCUT2D eigenvalue weighted by atomic mass is 16.5. The first-order valence-electron chi connectivity index (χ1n) is 7.22. The SMILES string of the molecule is COc1ccc2c(c1)oc(=O)c1c3cc(OC(C)=O)ccc3oc21. The molecule has 0 spiro atoms. The van der Waals surface area contributed by atoms with Gasteiger partial charge in [0.1, 0.15) is 28.1 Å². The number of rotatable bonds is 2. The third-order valence-electron chi connectivity index (χ3n) is 3.76. The summed E-state index contributed by atoms with van der Waals surface area (Å²) < 4.78 is 21.5. The Morgan fingerprint density at radius 1 is 0.958 bits per heavy atom. The van der Waals surface area contributed by atoms with Crippen molar-refractivity contribution in [3.8, 4) is 11.5 Å². The second-order valence-corrected chi connectivity index (χ2v) is 5.31. The summed E-state index contributed by atoms with van der Waals surface area (Å²) in [6.45, 7) is 1.31. The lowest BCUT2D eigenvalue weighted by Crippen LogP contribution is -2.01. The molecule has 6 heteroatoms. The molecule has 0 bridgehead atoms. The lowest BCUT2D eigenvalue weighted by molar-refractivity contribution is -0.131. The molecular weight excluding hydrogens is 312 g/mol. The van der Waals surface area contributed by atoms with Crippen LogP contribution in [0.15, 0.2) is 50.0 Å². The van der Waals surface area contributed by atoms with Gasteiger partial charge in [-0.25, -0.2) is 4.79 Å². The van der Waals surface area contributed by atoms with Gasteiger partial charge in [0.2, 0.25) is 0 Å². The van der Waals surface area contributed by atoms with E-state index in [-0.39, 0.29) is 0 Å². The van der Waals surface area contributed by atoms with Crippen molar-refractivity contribution < 1.29 is 23.1 Å².